The number of hydrogen-bond donors (Lipinski definition) is 0. The summed E-state index contributed by atoms with van der Waals surface area (Å²) < 4.78 is 0. The van der Waals surface area contributed by atoms with Crippen LogP contribution < -0.4 is 4.90 Å². The fraction of sp³-hybridized carbons (Fsp3) is 0.458. The Morgan fingerprint density at radius 1 is 1.20 bits per heavy atom. The number of allylic oxidation sites excluding steroid dienone is 2. The fourth-order valence-corrected chi connectivity index (χ4v) is 7.43. The van der Waals surface area contributed by atoms with Gasteiger partial charge in [-0.25, -0.2) is 0 Å². The normalized spacial score (nSPS) is 23.2. The summed E-state index contributed by atoms with van der Waals surface area (Å²) in [5, 5.41) is 12.7. The number of Topliss-reactive ketones (excluding diaryl/α,β-unsaturated/α-hetero) is 1. The van der Waals surface area contributed by atoms with E-state index in [-0.39, 0.29) is 23.0 Å². The molecule has 0 fully saturated rings. The van der Waals surface area contributed by atoms with Gasteiger partial charge in [-0.1, -0.05) is 19.9 Å². The largest absolute Gasteiger partial charge is 0.294 e. The van der Waals surface area contributed by atoms with Crippen LogP contribution in [0.25, 0.3) is 0 Å². The Kier molecular flexibility index (Phi) is 4.72. The maximum absolute atomic E-state index is 13.5. The molecule has 3 aliphatic rings. The van der Waals surface area contributed by atoms with E-state index in [0.29, 0.717) is 24.8 Å². The summed E-state index contributed by atoms with van der Waals surface area (Å²) in [4.78, 5) is 30.9. The van der Waals surface area contributed by atoms with Crippen molar-refractivity contribution >= 4 is 39.4 Å². The Morgan fingerprint density at radius 2 is 2.00 bits per heavy atom. The van der Waals surface area contributed by atoms with Crippen LogP contribution in [0, 0.1) is 16.7 Å². The molecule has 0 unspecified atom stereocenters. The van der Waals surface area contributed by atoms with Crippen molar-refractivity contribution in [3.05, 3.63) is 49.7 Å². The zero-order chi connectivity index (χ0) is 21.0. The number of fused-ring (bicyclic) bond motifs is 1. The van der Waals surface area contributed by atoms with Crippen LogP contribution in [0.3, 0.4) is 0 Å². The second kappa shape index (κ2) is 7.18. The highest BCUT2D eigenvalue weighted by molar-refractivity contribution is 7.16. The maximum Gasteiger partial charge on any atom is 0.232 e. The highest BCUT2D eigenvalue weighted by atomic mass is 32.1. The minimum atomic E-state index is -0.199. The second-order valence-electron chi connectivity index (χ2n) is 9.31. The van der Waals surface area contributed by atoms with Crippen LogP contribution >= 0.6 is 22.7 Å². The highest BCUT2D eigenvalue weighted by Gasteiger charge is 2.45. The number of aryl methyl sites for hydroxylation is 1. The third-order valence-electron chi connectivity index (χ3n) is 6.50. The standard InChI is InChI=1S/C24H24N2O2S2/c1-24(2)11-17-22(18(27)12-24)15(19-8-5-9-29-19)10-21(28)26(17)23-16(13-25)14-6-3-4-7-20(14)30-23/h5,8-9,15H,3-4,6-7,10-12H2,1-2H3/t15-/m0/s1. The number of carbonyl (C=O) groups is 2. The van der Waals surface area contributed by atoms with Gasteiger partial charge in [0.25, 0.3) is 0 Å². The van der Waals surface area contributed by atoms with Gasteiger partial charge in [-0.05, 0) is 54.5 Å². The molecule has 0 N–H and O–H groups in total. The van der Waals surface area contributed by atoms with Gasteiger partial charge in [0.15, 0.2) is 5.78 Å². The van der Waals surface area contributed by atoms with Crippen molar-refractivity contribution in [2.45, 2.75) is 64.7 Å². The molecule has 2 aliphatic carbocycles. The lowest BCUT2D eigenvalue weighted by Crippen LogP contribution is -2.43. The molecule has 6 heteroatoms. The van der Waals surface area contributed by atoms with Crippen molar-refractivity contribution < 1.29 is 9.59 Å². The van der Waals surface area contributed by atoms with Crippen LogP contribution in [0.1, 0.15) is 72.8 Å². The summed E-state index contributed by atoms with van der Waals surface area (Å²) >= 11 is 3.20. The van der Waals surface area contributed by atoms with Gasteiger partial charge in [-0.3, -0.25) is 14.5 Å². The Bertz CT molecular complexity index is 1120. The first-order chi connectivity index (χ1) is 14.4. The summed E-state index contributed by atoms with van der Waals surface area (Å²) in [5.41, 5.74) is 3.21. The molecule has 0 radical (unpaired) electrons. The van der Waals surface area contributed by atoms with Gasteiger partial charge in [0.2, 0.25) is 5.91 Å². The van der Waals surface area contributed by atoms with Crippen LogP contribution in [-0.4, -0.2) is 11.7 Å². The van der Waals surface area contributed by atoms with Crippen LogP contribution in [0.4, 0.5) is 5.00 Å². The van der Waals surface area contributed by atoms with E-state index in [1.165, 1.54) is 4.88 Å². The molecule has 30 heavy (non-hydrogen) atoms. The smallest absolute Gasteiger partial charge is 0.232 e. The van der Waals surface area contributed by atoms with E-state index in [1.54, 1.807) is 27.6 Å². The van der Waals surface area contributed by atoms with E-state index in [0.717, 1.165) is 52.4 Å². The Morgan fingerprint density at radius 3 is 2.73 bits per heavy atom. The van der Waals surface area contributed by atoms with Crippen LogP contribution in [0.15, 0.2) is 28.8 Å². The number of nitriles is 1. The van der Waals surface area contributed by atoms with Gasteiger partial charge in [-0.2, -0.15) is 5.26 Å². The van der Waals surface area contributed by atoms with Gasteiger partial charge in [0.05, 0.1) is 5.56 Å². The number of ketones is 1. The molecule has 0 aromatic carbocycles. The first-order valence-corrected chi connectivity index (χ1v) is 12.3. The lowest BCUT2D eigenvalue weighted by Gasteiger charge is -2.42. The van der Waals surface area contributed by atoms with E-state index in [2.05, 4.69) is 19.9 Å². The molecular formula is C24H24N2O2S2. The summed E-state index contributed by atoms with van der Waals surface area (Å²) in [6.07, 6.45) is 5.57. The monoisotopic (exact) mass is 436 g/mol. The Labute approximate surface area is 184 Å². The molecule has 4 nitrogen and oxygen atoms in total. The zero-order valence-corrected chi connectivity index (χ0v) is 18.9. The number of hydrogen-bond acceptors (Lipinski definition) is 5. The number of nitrogens with zero attached hydrogens (tertiary/aromatic N) is 2. The predicted octanol–water partition coefficient (Wildman–Crippen LogP) is 5.72. The number of rotatable bonds is 2. The molecule has 0 saturated heterocycles. The summed E-state index contributed by atoms with van der Waals surface area (Å²) in [6.45, 7) is 4.19. The van der Waals surface area contributed by atoms with Gasteiger partial charge < -0.3 is 0 Å². The molecule has 0 bridgehead atoms. The van der Waals surface area contributed by atoms with Gasteiger partial charge >= 0.3 is 0 Å². The fourth-order valence-electron chi connectivity index (χ4n) is 5.21. The summed E-state index contributed by atoms with van der Waals surface area (Å²) in [7, 11) is 0. The number of carbonyl (C=O) groups excluding carboxylic acids is 2. The first-order valence-electron chi connectivity index (χ1n) is 10.6. The first kappa shape index (κ1) is 19.7. The molecule has 2 aromatic rings. The zero-order valence-electron chi connectivity index (χ0n) is 17.3. The molecule has 5 rings (SSSR count). The summed E-state index contributed by atoms with van der Waals surface area (Å²) in [5.74, 6) is -0.00260. The SMILES string of the molecule is CC1(C)CC(=O)C2=C(C1)N(c1sc3c(c1C#N)CCCC3)C(=O)C[C@H]2c1cccs1. The number of thiophene rings is 2. The van der Waals surface area contributed by atoms with Gasteiger partial charge in [0, 0.05) is 39.8 Å². The van der Waals surface area contributed by atoms with Crippen molar-refractivity contribution in [1.29, 1.82) is 5.26 Å². The minimum absolute atomic E-state index is 0.00717. The van der Waals surface area contributed by atoms with E-state index in [9.17, 15) is 14.9 Å². The minimum Gasteiger partial charge on any atom is -0.294 e. The summed E-state index contributed by atoms with van der Waals surface area (Å²) in [6, 6.07) is 6.41. The van der Waals surface area contributed by atoms with Crippen LogP contribution in [0.2, 0.25) is 0 Å². The molecule has 1 aliphatic heterocycles. The third-order valence-corrected chi connectivity index (χ3v) is 8.76. The van der Waals surface area contributed by atoms with Crippen LogP contribution in [-0.2, 0) is 22.4 Å². The van der Waals surface area contributed by atoms with Gasteiger partial charge in [-0.15, -0.1) is 22.7 Å². The molecular weight excluding hydrogens is 412 g/mol. The van der Waals surface area contributed by atoms with E-state index < -0.39 is 0 Å². The number of amides is 1. The highest BCUT2D eigenvalue weighted by Crippen LogP contribution is 2.51. The Hall–Kier alpha value is -2.23. The van der Waals surface area contributed by atoms with E-state index in [1.807, 2.05) is 17.5 Å². The van der Waals surface area contributed by atoms with Gasteiger partial charge in [0.1, 0.15) is 11.1 Å². The average Bonchev–Trinajstić information content (AvgIpc) is 3.33. The molecule has 3 heterocycles. The third kappa shape index (κ3) is 3.07. The molecule has 2 aromatic heterocycles. The molecule has 0 spiro atoms. The van der Waals surface area contributed by atoms with Crippen molar-refractivity contribution in [1.82, 2.24) is 0 Å². The van der Waals surface area contributed by atoms with Crippen molar-refractivity contribution in [3.8, 4) is 6.07 Å². The van der Waals surface area contributed by atoms with Crippen LogP contribution in [0.5, 0.6) is 0 Å². The molecule has 154 valence electrons. The van der Waals surface area contributed by atoms with E-state index >= 15 is 0 Å². The van der Waals surface area contributed by atoms with Crippen molar-refractivity contribution in [3.63, 3.8) is 0 Å². The average molecular weight is 437 g/mol. The second-order valence-corrected chi connectivity index (χ2v) is 11.4. The maximum atomic E-state index is 13.5. The van der Waals surface area contributed by atoms with Crippen molar-refractivity contribution in [2.24, 2.45) is 5.41 Å². The quantitative estimate of drug-likeness (QED) is 0.604. The lowest BCUT2D eigenvalue weighted by molar-refractivity contribution is -0.120. The molecule has 1 atom stereocenters. The van der Waals surface area contributed by atoms with Crippen molar-refractivity contribution in [2.75, 3.05) is 4.90 Å². The predicted molar refractivity (Wildman–Crippen MR) is 120 cm³/mol. The molecule has 0 saturated carbocycles. The Balaban J connectivity index is 1.71. The van der Waals surface area contributed by atoms with E-state index in [4.69, 9.17) is 0 Å². The number of anilines is 1. The lowest BCUT2D eigenvalue weighted by atomic mass is 9.70. The topological polar surface area (TPSA) is 61.2 Å². The molecule has 1 amide bonds.